The Hall–Kier alpha value is -3.74. The fourth-order valence-corrected chi connectivity index (χ4v) is 4.40. The summed E-state index contributed by atoms with van der Waals surface area (Å²) in [6.07, 6.45) is 2.06. The van der Waals surface area contributed by atoms with Crippen molar-refractivity contribution >= 4 is 23.3 Å². The van der Waals surface area contributed by atoms with Crippen LogP contribution in [0.1, 0.15) is 6.42 Å². The maximum Gasteiger partial charge on any atom is 0.228 e. The van der Waals surface area contributed by atoms with Crippen LogP contribution in [0.3, 0.4) is 0 Å². The zero-order valence-corrected chi connectivity index (χ0v) is 17.8. The van der Waals surface area contributed by atoms with E-state index in [1.54, 1.807) is 11.1 Å². The molecule has 2 amide bonds. The first-order chi connectivity index (χ1) is 15.7. The largest absolute Gasteiger partial charge is 0.353 e. The number of hydrogen-bond donors (Lipinski definition) is 0. The number of carbonyl (C=O) groups excluding carboxylic acids is 2. The zero-order chi connectivity index (χ0) is 21.9. The highest BCUT2D eigenvalue weighted by atomic mass is 16.2. The molecule has 2 aliphatic rings. The van der Waals surface area contributed by atoms with Crippen LogP contribution in [0, 0.1) is 5.92 Å². The number of rotatable bonds is 4. The summed E-state index contributed by atoms with van der Waals surface area (Å²) in [7, 11) is 0. The molecule has 2 aliphatic heterocycles. The van der Waals surface area contributed by atoms with Crippen molar-refractivity contribution in [1.82, 2.24) is 14.9 Å². The number of piperazine rings is 1. The maximum absolute atomic E-state index is 13.1. The van der Waals surface area contributed by atoms with Crippen LogP contribution in [0.2, 0.25) is 0 Å². The van der Waals surface area contributed by atoms with Gasteiger partial charge in [-0.05, 0) is 18.2 Å². The van der Waals surface area contributed by atoms with Gasteiger partial charge >= 0.3 is 0 Å². The summed E-state index contributed by atoms with van der Waals surface area (Å²) in [6, 6.07) is 21.4. The Morgan fingerprint density at radius 3 is 2.28 bits per heavy atom. The van der Waals surface area contributed by atoms with E-state index in [9.17, 15) is 9.59 Å². The Morgan fingerprint density at radius 2 is 1.56 bits per heavy atom. The van der Waals surface area contributed by atoms with Crippen LogP contribution in [0.4, 0.5) is 11.5 Å². The fraction of sp³-hybridized carbons (Fsp3) is 0.280. The lowest BCUT2D eigenvalue weighted by Gasteiger charge is -2.36. The standard InChI is InChI=1S/C25H25N5O2/c31-23-17-20(18-30(23)21-9-5-2-6-10-21)25(32)29-15-13-28(14-16-29)22-11-12-26-24(27-22)19-7-3-1-4-8-19/h1-12,20H,13-18H2. The molecule has 0 saturated carbocycles. The monoisotopic (exact) mass is 427 g/mol. The molecular weight excluding hydrogens is 402 g/mol. The van der Waals surface area contributed by atoms with Crippen molar-refractivity contribution in [3.8, 4) is 11.4 Å². The first kappa shape index (κ1) is 20.2. The normalized spacial score (nSPS) is 18.8. The van der Waals surface area contributed by atoms with Crippen LogP contribution < -0.4 is 9.80 Å². The molecular formula is C25H25N5O2. The molecule has 1 unspecified atom stereocenters. The number of aromatic nitrogens is 2. The molecule has 1 aromatic heterocycles. The van der Waals surface area contributed by atoms with Crippen molar-refractivity contribution in [1.29, 1.82) is 0 Å². The van der Waals surface area contributed by atoms with Gasteiger partial charge in [0.15, 0.2) is 5.82 Å². The minimum atomic E-state index is -0.280. The van der Waals surface area contributed by atoms with E-state index in [-0.39, 0.29) is 24.2 Å². The molecule has 2 saturated heterocycles. The number of carbonyl (C=O) groups is 2. The summed E-state index contributed by atoms with van der Waals surface area (Å²) in [4.78, 5) is 40.5. The van der Waals surface area contributed by atoms with E-state index in [4.69, 9.17) is 4.98 Å². The molecule has 7 nitrogen and oxygen atoms in total. The van der Waals surface area contributed by atoms with Gasteiger partial charge in [0.1, 0.15) is 5.82 Å². The summed E-state index contributed by atoms with van der Waals surface area (Å²) in [6.45, 7) is 3.12. The van der Waals surface area contributed by atoms with Crippen LogP contribution in [0.5, 0.6) is 0 Å². The van der Waals surface area contributed by atoms with Crippen LogP contribution in [0.15, 0.2) is 72.9 Å². The molecule has 0 N–H and O–H groups in total. The minimum Gasteiger partial charge on any atom is -0.353 e. The molecule has 2 fully saturated rings. The third kappa shape index (κ3) is 4.06. The lowest BCUT2D eigenvalue weighted by atomic mass is 10.1. The lowest BCUT2D eigenvalue weighted by Crippen LogP contribution is -2.51. The van der Waals surface area contributed by atoms with Crippen molar-refractivity contribution in [2.45, 2.75) is 6.42 Å². The maximum atomic E-state index is 13.1. The second-order valence-electron chi connectivity index (χ2n) is 8.16. The van der Waals surface area contributed by atoms with Crippen molar-refractivity contribution < 1.29 is 9.59 Å². The molecule has 5 rings (SSSR count). The van der Waals surface area contributed by atoms with Crippen LogP contribution >= 0.6 is 0 Å². The summed E-state index contributed by atoms with van der Waals surface area (Å²) in [5.41, 5.74) is 1.84. The van der Waals surface area contributed by atoms with E-state index in [1.165, 1.54) is 0 Å². The minimum absolute atomic E-state index is 0.0163. The van der Waals surface area contributed by atoms with Crippen molar-refractivity contribution in [2.75, 3.05) is 42.5 Å². The number of benzene rings is 2. The number of para-hydroxylation sites is 1. The SMILES string of the molecule is O=C(C1CC(=O)N(c2ccccc2)C1)N1CCN(c2ccnc(-c3ccccc3)n2)CC1. The number of anilines is 2. The van der Waals surface area contributed by atoms with Crippen LogP contribution in [0.25, 0.3) is 11.4 Å². The van der Waals surface area contributed by atoms with Crippen molar-refractivity contribution in [2.24, 2.45) is 5.92 Å². The Morgan fingerprint density at radius 1 is 0.875 bits per heavy atom. The Bertz CT molecular complexity index is 1100. The second kappa shape index (κ2) is 8.78. The molecule has 7 heteroatoms. The van der Waals surface area contributed by atoms with Gasteiger partial charge in [0.25, 0.3) is 0 Å². The molecule has 162 valence electrons. The van der Waals surface area contributed by atoms with Crippen molar-refractivity contribution in [3.05, 3.63) is 72.9 Å². The fourth-order valence-electron chi connectivity index (χ4n) is 4.40. The molecule has 32 heavy (non-hydrogen) atoms. The van der Waals surface area contributed by atoms with E-state index in [1.807, 2.05) is 71.6 Å². The van der Waals surface area contributed by atoms with Crippen LogP contribution in [-0.4, -0.2) is 59.4 Å². The third-order valence-corrected chi connectivity index (χ3v) is 6.13. The summed E-state index contributed by atoms with van der Waals surface area (Å²) >= 11 is 0. The highest BCUT2D eigenvalue weighted by Crippen LogP contribution is 2.27. The average molecular weight is 428 g/mol. The summed E-state index contributed by atoms with van der Waals surface area (Å²) in [5.74, 6) is 1.38. The van der Waals surface area contributed by atoms with Gasteiger partial charge in [0.05, 0.1) is 5.92 Å². The molecule has 1 atom stereocenters. The van der Waals surface area contributed by atoms with Crippen LogP contribution in [-0.2, 0) is 9.59 Å². The first-order valence-electron chi connectivity index (χ1n) is 11.0. The molecule has 0 radical (unpaired) electrons. The molecule has 0 bridgehead atoms. The molecule has 0 spiro atoms. The topological polar surface area (TPSA) is 69.6 Å². The predicted octanol–water partition coefficient (Wildman–Crippen LogP) is 2.85. The van der Waals surface area contributed by atoms with E-state index in [0.29, 0.717) is 38.5 Å². The quantitative estimate of drug-likeness (QED) is 0.640. The number of amides is 2. The van der Waals surface area contributed by atoms with Crippen molar-refractivity contribution in [3.63, 3.8) is 0 Å². The van der Waals surface area contributed by atoms with Gasteiger partial charge in [0.2, 0.25) is 11.8 Å². The predicted molar refractivity (Wildman–Crippen MR) is 123 cm³/mol. The van der Waals surface area contributed by atoms with E-state index in [0.717, 1.165) is 17.1 Å². The second-order valence-corrected chi connectivity index (χ2v) is 8.16. The Balaban J connectivity index is 1.21. The van der Waals surface area contributed by atoms with Gasteiger partial charge in [-0.3, -0.25) is 9.59 Å². The van der Waals surface area contributed by atoms with E-state index >= 15 is 0 Å². The number of nitrogens with zero attached hydrogens (tertiary/aromatic N) is 5. The Labute approximate surface area is 187 Å². The highest BCUT2D eigenvalue weighted by molar-refractivity contribution is 6.00. The smallest absolute Gasteiger partial charge is 0.228 e. The molecule has 2 aromatic carbocycles. The van der Waals surface area contributed by atoms with Gasteiger partial charge in [-0.15, -0.1) is 0 Å². The van der Waals surface area contributed by atoms with Gasteiger partial charge in [0, 0.05) is 56.6 Å². The summed E-state index contributed by atoms with van der Waals surface area (Å²) < 4.78 is 0. The van der Waals surface area contributed by atoms with Gasteiger partial charge in [-0.1, -0.05) is 48.5 Å². The van der Waals surface area contributed by atoms with E-state index < -0.39 is 0 Å². The van der Waals surface area contributed by atoms with E-state index in [2.05, 4.69) is 9.88 Å². The summed E-state index contributed by atoms with van der Waals surface area (Å²) in [5, 5.41) is 0. The lowest BCUT2D eigenvalue weighted by molar-refractivity contribution is -0.136. The van der Waals surface area contributed by atoms with Gasteiger partial charge in [-0.25, -0.2) is 9.97 Å². The highest BCUT2D eigenvalue weighted by Gasteiger charge is 2.38. The Kier molecular flexibility index (Phi) is 5.54. The molecule has 0 aliphatic carbocycles. The average Bonchev–Trinajstić information content (AvgIpc) is 3.26. The molecule has 3 aromatic rings. The van der Waals surface area contributed by atoms with Gasteiger partial charge in [-0.2, -0.15) is 0 Å². The van der Waals surface area contributed by atoms with Gasteiger partial charge < -0.3 is 14.7 Å². The third-order valence-electron chi connectivity index (χ3n) is 6.13. The molecule has 3 heterocycles. The zero-order valence-electron chi connectivity index (χ0n) is 17.8. The first-order valence-corrected chi connectivity index (χ1v) is 11.0. The number of hydrogen-bond acceptors (Lipinski definition) is 5.